The molecule has 1 aliphatic rings. The third-order valence-electron chi connectivity index (χ3n) is 11.1. The summed E-state index contributed by atoms with van der Waals surface area (Å²) >= 11 is 0. The molecule has 0 aliphatic heterocycles. The number of rotatable bonds is 12. The predicted molar refractivity (Wildman–Crippen MR) is 276 cm³/mol. The maximum Gasteiger partial charge on any atom is 1.00 e. The van der Waals surface area contributed by atoms with Crippen molar-refractivity contribution in [3.63, 3.8) is 0 Å². The van der Waals surface area contributed by atoms with E-state index < -0.39 is 107 Å². The number of anilines is 2. The van der Waals surface area contributed by atoms with Crippen molar-refractivity contribution in [3.05, 3.63) is 164 Å². The number of nitrogens with zero attached hydrogens (tertiary/aromatic N) is 10. The molecule has 0 bridgehead atoms. The first kappa shape index (κ1) is 73.3. The van der Waals surface area contributed by atoms with E-state index in [4.69, 9.17) is 36.7 Å². The number of hydrogen-bond donors (Lipinski definition) is 4. The number of aromatic hydroxyl groups is 2. The SMILES string of the molecule is Nc1ccc(N=Nc2ccc(S(=O)(=O)[O-])cc2[N+](=O)[O-])c2c[c-]c(N=Nc3ccc4c(c3)C(=O)c3ccc(N=Nc5c(S(=O)(=O)[O-])cc6c(N=Nc7cc[c-]cc7[N+](=O)[O-])ccc(N)c6c5O)cc3C4=O)c(O)c12.O=S(=O)=O.O=S(=O)=O.[Na+].[Na+].[Na+].[Na+]. The van der Waals surface area contributed by atoms with Crippen molar-refractivity contribution in [2.75, 3.05) is 11.5 Å². The second-order valence-electron chi connectivity index (χ2n) is 15.9. The van der Waals surface area contributed by atoms with Crippen LogP contribution >= 0.6 is 0 Å². The van der Waals surface area contributed by atoms with Gasteiger partial charge in [-0.2, -0.15) is 55.0 Å². The minimum Gasteiger partial charge on any atom is -0.744 e. The van der Waals surface area contributed by atoms with Crippen LogP contribution in [-0.2, 0) is 41.5 Å². The first-order valence-corrected chi connectivity index (χ1v) is 26.4. The van der Waals surface area contributed by atoms with Crippen molar-refractivity contribution < 1.29 is 199 Å². The van der Waals surface area contributed by atoms with Gasteiger partial charge in [-0.25, -0.2) is 16.8 Å². The number of ketones is 2. The zero-order chi connectivity index (χ0) is 60.1. The molecule has 0 spiro atoms. The number of fused-ring (bicyclic) bond motifs is 4. The molecule has 0 atom stereocenters. The average molecular weight is 1280 g/mol. The van der Waals surface area contributed by atoms with E-state index in [0.717, 1.165) is 24.3 Å². The standard InChI is InChI=1S/C46H26N12O14S2.4Na.2O3S/c47-30-11-15-32(51-54-35-13-7-23(73(67,68)69)19-38(35)58(65)66)26-10-14-36(45(61)40(26)30)55-49-21-5-8-24-27(17-21)43(59)25-9-6-22(18-28(25)44(24)60)50-56-42-39(74(70,71)72)20-29-33(16-12-31(48)41(29)46(42)62)52-53-34-3-1-2-4-37(34)57(63)64;;;;;2*1-4(2)3/h1,3-13,15-20,61-62H,47-48H2,(H,67,68,69)(H,70,71,72);;;;;;/q-2;4*+1;;/p-2. The monoisotopic (exact) mass is 1280 g/mol. The molecule has 0 aromatic heterocycles. The fraction of sp³-hybridized carbons (Fsp3) is 0. The number of nitrogen functional groups attached to an aromatic ring is 2. The third-order valence-corrected chi connectivity index (χ3v) is 12.7. The van der Waals surface area contributed by atoms with E-state index in [1.807, 2.05) is 0 Å². The molecule has 0 unspecified atom stereocenters. The average Bonchev–Trinajstić information content (AvgIpc) is 0.850. The Bertz CT molecular complexity index is 4700. The van der Waals surface area contributed by atoms with Crippen molar-refractivity contribution in [1.82, 2.24) is 0 Å². The number of nitro benzene ring substituents is 2. The Kier molecular flexibility index (Phi) is 26.1. The topological polar surface area (TPSA) is 529 Å². The van der Waals surface area contributed by atoms with Gasteiger partial charge in [0.05, 0.1) is 42.9 Å². The Hall–Kier alpha value is -6.92. The Labute approximate surface area is 572 Å². The van der Waals surface area contributed by atoms with Crippen molar-refractivity contribution in [2.24, 2.45) is 40.9 Å². The number of carbonyl (C=O) groups is 2. The molecule has 32 nitrogen and oxygen atoms in total. The minimum absolute atomic E-state index is 0. The maximum absolute atomic E-state index is 13.8. The maximum atomic E-state index is 13.8. The van der Waals surface area contributed by atoms with E-state index >= 15 is 0 Å². The summed E-state index contributed by atoms with van der Waals surface area (Å²) in [7, 11) is -16.7. The number of nitrogens with two attached hydrogens (primary N) is 2. The van der Waals surface area contributed by atoms with Crippen LogP contribution < -0.4 is 130 Å². The Balaban J connectivity index is 0.00000152. The van der Waals surface area contributed by atoms with Gasteiger partial charge < -0.3 is 30.8 Å². The third kappa shape index (κ3) is 17.0. The summed E-state index contributed by atoms with van der Waals surface area (Å²) in [6, 6.07) is 26.2. The fourth-order valence-corrected chi connectivity index (χ4v) is 8.71. The van der Waals surface area contributed by atoms with E-state index in [2.05, 4.69) is 53.0 Å². The van der Waals surface area contributed by atoms with Crippen molar-refractivity contribution in [3.8, 4) is 11.5 Å². The van der Waals surface area contributed by atoms with E-state index in [-0.39, 0.29) is 208 Å². The van der Waals surface area contributed by atoms with Crippen LogP contribution in [0.5, 0.6) is 11.5 Å². The van der Waals surface area contributed by atoms with Gasteiger partial charge in [0.2, 0.25) is 0 Å². The van der Waals surface area contributed by atoms with Gasteiger partial charge in [0, 0.05) is 67.1 Å². The van der Waals surface area contributed by atoms with Crippen LogP contribution in [-0.4, -0.2) is 82.8 Å². The van der Waals surface area contributed by atoms with Crippen molar-refractivity contribution >= 4 is 143 Å². The van der Waals surface area contributed by atoms with Gasteiger partial charge in [-0.05, 0) is 78.9 Å². The van der Waals surface area contributed by atoms with Crippen LogP contribution in [0.4, 0.5) is 68.2 Å². The van der Waals surface area contributed by atoms with Gasteiger partial charge in [-0.15, -0.1) is 41.5 Å². The molecule has 0 heterocycles. The van der Waals surface area contributed by atoms with Crippen molar-refractivity contribution in [2.45, 2.75) is 9.79 Å². The van der Waals surface area contributed by atoms with E-state index in [9.17, 15) is 66.0 Å². The summed E-state index contributed by atoms with van der Waals surface area (Å²) in [6.45, 7) is 0. The second kappa shape index (κ2) is 30.6. The van der Waals surface area contributed by atoms with E-state index in [1.165, 1.54) is 78.9 Å². The quantitative estimate of drug-likeness (QED) is 0.0174. The molecule has 0 saturated heterocycles. The Morgan fingerprint density at radius 2 is 0.953 bits per heavy atom. The minimum atomic E-state index is -5.43. The number of phenols is 2. The first-order chi connectivity index (χ1) is 38.6. The fourth-order valence-electron chi connectivity index (χ4n) is 7.59. The zero-order valence-electron chi connectivity index (χ0n) is 43.9. The molecule has 86 heavy (non-hydrogen) atoms. The van der Waals surface area contributed by atoms with E-state index in [0.29, 0.717) is 6.07 Å². The molecule has 8 aromatic rings. The Morgan fingerprint density at radius 1 is 0.500 bits per heavy atom. The zero-order valence-corrected chi connectivity index (χ0v) is 55.2. The molecular weight excluding hydrogens is 1260 g/mol. The summed E-state index contributed by atoms with van der Waals surface area (Å²) in [5, 5.41) is 77.2. The van der Waals surface area contributed by atoms with Crippen LogP contribution in [0.1, 0.15) is 31.8 Å². The molecule has 40 heteroatoms. The van der Waals surface area contributed by atoms with Crippen LogP contribution in [0.2, 0.25) is 0 Å². The van der Waals surface area contributed by atoms with Crippen LogP contribution in [0.15, 0.2) is 160 Å². The van der Waals surface area contributed by atoms with E-state index in [1.54, 1.807) is 0 Å². The number of phenolic OH excluding ortho intramolecular Hbond substituents is 2. The predicted octanol–water partition coefficient (Wildman–Crippen LogP) is -3.76. The molecule has 0 radical (unpaired) electrons. The summed E-state index contributed by atoms with van der Waals surface area (Å²) in [5.74, 6) is -2.71. The molecule has 0 fully saturated rings. The van der Waals surface area contributed by atoms with Crippen LogP contribution in [0, 0.1) is 32.4 Å². The summed E-state index contributed by atoms with van der Waals surface area (Å²) in [4.78, 5) is 47.2. The van der Waals surface area contributed by atoms with Crippen LogP contribution in [0.3, 0.4) is 0 Å². The molecule has 8 aromatic carbocycles. The smallest absolute Gasteiger partial charge is 0.744 e. The first-order valence-electron chi connectivity index (χ1n) is 21.5. The largest absolute Gasteiger partial charge is 1.00 e. The van der Waals surface area contributed by atoms with Gasteiger partial charge in [-0.3, -0.25) is 29.8 Å². The Morgan fingerprint density at radius 3 is 1.44 bits per heavy atom. The summed E-state index contributed by atoms with van der Waals surface area (Å²) in [6.07, 6.45) is 0. The molecule has 0 saturated carbocycles. The molecule has 6 N–H and O–H groups in total. The normalized spacial score (nSPS) is 11.7. The van der Waals surface area contributed by atoms with Gasteiger partial charge in [0.25, 0.3) is 5.69 Å². The number of nitro groups is 2. The molecular formula is C46H24N12Na4O20S4. The van der Waals surface area contributed by atoms with Gasteiger partial charge in [0.15, 0.2) is 28.7 Å². The number of azo groups is 4. The molecule has 416 valence electrons. The molecule has 1 aliphatic carbocycles. The molecule has 9 rings (SSSR count). The summed E-state index contributed by atoms with van der Waals surface area (Å²) < 4.78 is 123. The number of benzene rings is 8. The molecule has 0 amide bonds. The van der Waals surface area contributed by atoms with Gasteiger partial charge >= 0.3 is 139 Å². The van der Waals surface area contributed by atoms with Gasteiger partial charge in [-0.1, -0.05) is 16.8 Å². The second-order valence-corrected chi connectivity index (χ2v) is 19.5. The van der Waals surface area contributed by atoms with Gasteiger partial charge in [0.1, 0.15) is 25.9 Å². The number of carbonyl (C=O) groups excluding carboxylic acids is 2. The number of hydrogen-bond acceptors (Lipinski definition) is 30. The van der Waals surface area contributed by atoms with Crippen molar-refractivity contribution in [1.29, 1.82) is 0 Å². The summed E-state index contributed by atoms with van der Waals surface area (Å²) in [5.41, 5.74) is 8.78. The van der Waals surface area contributed by atoms with Crippen LogP contribution in [0.25, 0.3) is 21.5 Å².